The van der Waals surface area contributed by atoms with E-state index in [1.807, 2.05) is 11.3 Å². The highest BCUT2D eigenvalue weighted by atomic mass is 32.1. The summed E-state index contributed by atoms with van der Waals surface area (Å²) < 4.78 is 0. The Labute approximate surface area is 90.5 Å². The summed E-state index contributed by atoms with van der Waals surface area (Å²) in [6, 6.07) is 4.36. The minimum atomic E-state index is 0.971. The first-order valence-corrected chi connectivity index (χ1v) is 6.56. The van der Waals surface area contributed by atoms with Crippen molar-refractivity contribution < 1.29 is 0 Å². The highest BCUT2D eigenvalue weighted by Gasteiger charge is 2.13. The average molecular weight is 209 g/mol. The third-order valence-electron chi connectivity index (χ3n) is 3.04. The molecule has 1 nitrogen and oxygen atoms in total. The fourth-order valence-electron chi connectivity index (χ4n) is 2.19. The molecule has 1 heterocycles. The van der Waals surface area contributed by atoms with Gasteiger partial charge in [0.1, 0.15) is 0 Å². The standard InChI is InChI=1S/C12H19NS/c1-2-5-11(4-1)10-13-8-7-12-6-3-9-14-12/h3,6,9,11,13H,1-2,4-5,7-8,10H2. The lowest BCUT2D eigenvalue weighted by Crippen LogP contribution is -2.23. The monoisotopic (exact) mass is 209 g/mol. The van der Waals surface area contributed by atoms with E-state index in [-0.39, 0.29) is 0 Å². The van der Waals surface area contributed by atoms with Crippen LogP contribution in [0.1, 0.15) is 30.6 Å². The molecule has 78 valence electrons. The van der Waals surface area contributed by atoms with Crippen LogP contribution < -0.4 is 5.32 Å². The Balaban J connectivity index is 1.55. The molecule has 0 atom stereocenters. The number of hydrogen-bond donors (Lipinski definition) is 1. The maximum atomic E-state index is 3.57. The maximum Gasteiger partial charge on any atom is 0.00578 e. The molecule has 0 amide bonds. The molecular formula is C12H19NS. The van der Waals surface area contributed by atoms with Crippen LogP contribution in [0.25, 0.3) is 0 Å². The zero-order chi connectivity index (χ0) is 9.64. The van der Waals surface area contributed by atoms with Gasteiger partial charge in [-0.25, -0.2) is 0 Å². The smallest absolute Gasteiger partial charge is 0.00578 e. The summed E-state index contributed by atoms with van der Waals surface area (Å²) in [5.74, 6) is 0.971. The predicted octanol–water partition coefficient (Wildman–Crippen LogP) is 3.07. The van der Waals surface area contributed by atoms with E-state index in [1.54, 1.807) is 0 Å². The van der Waals surface area contributed by atoms with Crippen molar-refractivity contribution in [3.05, 3.63) is 22.4 Å². The zero-order valence-corrected chi connectivity index (χ0v) is 9.48. The predicted molar refractivity (Wildman–Crippen MR) is 62.9 cm³/mol. The summed E-state index contributed by atoms with van der Waals surface area (Å²) in [5.41, 5.74) is 0. The van der Waals surface area contributed by atoms with Crippen molar-refractivity contribution in [2.24, 2.45) is 5.92 Å². The molecule has 0 unspecified atom stereocenters. The summed E-state index contributed by atoms with van der Waals surface area (Å²) in [5, 5.41) is 5.73. The molecule has 0 bridgehead atoms. The fourth-order valence-corrected chi connectivity index (χ4v) is 2.90. The Hall–Kier alpha value is -0.340. The van der Waals surface area contributed by atoms with Gasteiger partial charge in [-0.3, -0.25) is 0 Å². The lowest BCUT2D eigenvalue weighted by Gasteiger charge is -2.09. The Morgan fingerprint density at radius 3 is 2.93 bits per heavy atom. The van der Waals surface area contributed by atoms with E-state index in [9.17, 15) is 0 Å². The van der Waals surface area contributed by atoms with E-state index in [0.717, 1.165) is 12.5 Å². The lowest BCUT2D eigenvalue weighted by molar-refractivity contribution is 0.492. The number of thiophene rings is 1. The second kappa shape index (κ2) is 5.52. The molecule has 0 saturated heterocycles. The van der Waals surface area contributed by atoms with Gasteiger partial charge in [-0.15, -0.1) is 11.3 Å². The zero-order valence-electron chi connectivity index (χ0n) is 8.67. The topological polar surface area (TPSA) is 12.0 Å². The second-order valence-electron chi connectivity index (χ2n) is 4.18. The van der Waals surface area contributed by atoms with Crippen molar-refractivity contribution in [3.8, 4) is 0 Å². The molecule has 2 rings (SSSR count). The van der Waals surface area contributed by atoms with Gasteiger partial charge in [0.25, 0.3) is 0 Å². The third-order valence-corrected chi connectivity index (χ3v) is 3.97. The first kappa shape index (κ1) is 10.2. The molecule has 14 heavy (non-hydrogen) atoms. The van der Waals surface area contributed by atoms with Gasteiger partial charge in [-0.1, -0.05) is 18.9 Å². The Kier molecular flexibility index (Phi) is 4.02. The molecule has 1 aliphatic rings. The molecule has 1 aliphatic carbocycles. The molecule has 1 aromatic heterocycles. The molecular weight excluding hydrogens is 190 g/mol. The summed E-state index contributed by atoms with van der Waals surface area (Å²) in [4.78, 5) is 1.50. The molecule has 0 radical (unpaired) electrons. The van der Waals surface area contributed by atoms with Crippen LogP contribution in [-0.4, -0.2) is 13.1 Å². The van der Waals surface area contributed by atoms with Gasteiger partial charge in [-0.05, 0) is 49.7 Å². The highest BCUT2D eigenvalue weighted by molar-refractivity contribution is 7.09. The van der Waals surface area contributed by atoms with E-state index < -0.39 is 0 Å². The molecule has 2 heteroatoms. The number of nitrogens with one attached hydrogen (secondary N) is 1. The molecule has 1 fully saturated rings. The van der Waals surface area contributed by atoms with Crippen LogP contribution in [0.3, 0.4) is 0 Å². The first-order chi connectivity index (χ1) is 6.95. The van der Waals surface area contributed by atoms with Gasteiger partial charge >= 0.3 is 0 Å². The first-order valence-electron chi connectivity index (χ1n) is 5.68. The van der Waals surface area contributed by atoms with Crippen LogP contribution >= 0.6 is 11.3 Å². The minimum absolute atomic E-state index is 0.971. The Morgan fingerprint density at radius 2 is 2.21 bits per heavy atom. The average Bonchev–Trinajstić information content (AvgIpc) is 2.86. The van der Waals surface area contributed by atoms with Crippen LogP contribution in [0.2, 0.25) is 0 Å². The Bertz CT molecular complexity index is 237. The summed E-state index contributed by atoms with van der Waals surface area (Å²) >= 11 is 1.87. The largest absolute Gasteiger partial charge is 0.316 e. The van der Waals surface area contributed by atoms with Crippen LogP contribution in [0.5, 0.6) is 0 Å². The summed E-state index contributed by atoms with van der Waals surface area (Å²) in [6.45, 7) is 2.39. The van der Waals surface area contributed by atoms with Crippen LogP contribution in [0.15, 0.2) is 17.5 Å². The number of hydrogen-bond acceptors (Lipinski definition) is 2. The molecule has 1 saturated carbocycles. The normalized spacial score (nSPS) is 17.7. The lowest BCUT2D eigenvalue weighted by atomic mass is 10.1. The van der Waals surface area contributed by atoms with Crippen molar-refractivity contribution in [3.63, 3.8) is 0 Å². The van der Waals surface area contributed by atoms with Gasteiger partial charge in [0.2, 0.25) is 0 Å². The van der Waals surface area contributed by atoms with E-state index in [0.29, 0.717) is 0 Å². The van der Waals surface area contributed by atoms with Gasteiger partial charge in [0.05, 0.1) is 0 Å². The van der Waals surface area contributed by atoms with Crippen molar-refractivity contribution >= 4 is 11.3 Å². The van der Waals surface area contributed by atoms with Gasteiger partial charge in [0.15, 0.2) is 0 Å². The van der Waals surface area contributed by atoms with Gasteiger partial charge < -0.3 is 5.32 Å². The van der Waals surface area contributed by atoms with Gasteiger partial charge in [-0.2, -0.15) is 0 Å². The van der Waals surface area contributed by atoms with Crippen LogP contribution in [0.4, 0.5) is 0 Å². The minimum Gasteiger partial charge on any atom is -0.316 e. The van der Waals surface area contributed by atoms with Crippen molar-refractivity contribution in [2.45, 2.75) is 32.1 Å². The van der Waals surface area contributed by atoms with Crippen LogP contribution in [0, 0.1) is 5.92 Å². The summed E-state index contributed by atoms with van der Waals surface area (Å²) in [7, 11) is 0. The maximum absolute atomic E-state index is 3.57. The van der Waals surface area contributed by atoms with Crippen molar-refractivity contribution in [1.29, 1.82) is 0 Å². The third kappa shape index (κ3) is 3.10. The quantitative estimate of drug-likeness (QED) is 0.735. The molecule has 0 aromatic carbocycles. The molecule has 1 aromatic rings. The fraction of sp³-hybridized carbons (Fsp3) is 0.667. The molecule has 0 spiro atoms. The number of rotatable bonds is 5. The second-order valence-corrected chi connectivity index (χ2v) is 5.22. The molecule has 0 aliphatic heterocycles. The van der Waals surface area contributed by atoms with Gasteiger partial charge in [0, 0.05) is 4.88 Å². The van der Waals surface area contributed by atoms with Crippen molar-refractivity contribution in [1.82, 2.24) is 5.32 Å². The molecule has 1 N–H and O–H groups in total. The van der Waals surface area contributed by atoms with E-state index in [2.05, 4.69) is 22.8 Å². The highest BCUT2D eigenvalue weighted by Crippen LogP contribution is 2.23. The van der Waals surface area contributed by atoms with Crippen LogP contribution in [-0.2, 0) is 6.42 Å². The van der Waals surface area contributed by atoms with E-state index in [4.69, 9.17) is 0 Å². The van der Waals surface area contributed by atoms with E-state index in [1.165, 1.54) is 43.5 Å². The summed E-state index contributed by atoms with van der Waals surface area (Å²) in [6.07, 6.45) is 7.01. The van der Waals surface area contributed by atoms with E-state index >= 15 is 0 Å². The Morgan fingerprint density at radius 1 is 1.36 bits per heavy atom. The van der Waals surface area contributed by atoms with Crippen molar-refractivity contribution in [2.75, 3.05) is 13.1 Å². The SMILES string of the molecule is c1csc(CCNCC2CCCC2)c1.